The van der Waals surface area contributed by atoms with E-state index in [-0.39, 0.29) is 11.1 Å². The number of halogens is 1. The number of pyridine rings is 1. The minimum Gasteiger partial charge on any atom is -0.478 e. The average molecular weight is 495 g/mol. The second-order valence-corrected chi connectivity index (χ2v) is 9.89. The summed E-state index contributed by atoms with van der Waals surface area (Å²) in [6.45, 7) is 8.55. The molecule has 3 heterocycles. The number of hydrogen-bond donors (Lipinski definition) is 1. The van der Waals surface area contributed by atoms with Gasteiger partial charge in [-0.3, -0.25) is 19.2 Å². The molecule has 0 radical (unpaired) electrons. The third-order valence-corrected chi connectivity index (χ3v) is 7.51. The summed E-state index contributed by atoms with van der Waals surface area (Å²) in [4.78, 5) is 33.4. The average Bonchev–Trinajstić information content (AvgIpc) is 3.38. The van der Waals surface area contributed by atoms with Crippen LogP contribution in [0.15, 0.2) is 53.3 Å². The Hall–Kier alpha value is -2.71. The number of aromatic nitrogens is 1. The number of aromatic carboxylic acids is 1. The molecule has 35 heavy (non-hydrogen) atoms. The fourth-order valence-electron chi connectivity index (χ4n) is 5.32. The zero-order valence-electron chi connectivity index (χ0n) is 19.8. The number of carbonyl (C=O) groups is 1. The van der Waals surface area contributed by atoms with Gasteiger partial charge < -0.3 is 10.0 Å². The molecule has 0 amide bonds. The van der Waals surface area contributed by atoms with E-state index in [9.17, 15) is 14.7 Å². The van der Waals surface area contributed by atoms with E-state index in [1.165, 1.54) is 25.9 Å². The van der Waals surface area contributed by atoms with Gasteiger partial charge in [-0.15, -0.1) is 0 Å². The van der Waals surface area contributed by atoms with Crippen molar-refractivity contribution in [2.24, 2.45) is 0 Å². The lowest BCUT2D eigenvalue weighted by atomic mass is 10.0. The number of benzene rings is 2. The Morgan fingerprint density at radius 1 is 0.800 bits per heavy atom. The monoisotopic (exact) mass is 494 g/mol. The van der Waals surface area contributed by atoms with Gasteiger partial charge in [-0.25, -0.2) is 4.79 Å². The van der Waals surface area contributed by atoms with Gasteiger partial charge >= 0.3 is 5.97 Å². The lowest BCUT2D eigenvalue weighted by Crippen LogP contribution is -2.48. The first-order chi connectivity index (χ1) is 17.0. The topological polar surface area (TPSA) is 69.0 Å². The largest absolute Gasteiger partial charge is 0.478 e. The molecule has 2 saturated heterocycles. The van der Waals surface area contributed by atoms with Crippen LogP contribution in [0.3, 0.4) is 0 Å². The van der Waals surface area contributed by atoms with Crippen molar-refractivity contribution in [3.63, 3.8) is 0 Å². The molecule has 8 heteroatoms. The molecule has 2 aliphatic heterocycles. The Balaban J connectivity index is 1.45. The van der Waals surface area contributed by atoms with Gasteiger partial charge in [0.15, 0.2) is 0 Å². The van der Waals surface area contributed by atoms with Crippen LogP contribution in [-0.2, 0) is 6.54 Å². The molecule has 0 saturated carbocycles. The molecule has 1 aromatic heterocycles. The summed E-state index contributed by atoms with van der Waals surface area (Å²) in [6.07, 6.45) is 2.61. The van der Waals surface area contributed by atoms with Crippen molar-refractivity contribution in [3.05, 3.63) is 75.2 Å². The van der Waals surface area contributed by atoms with Gasteiger partial charge in [0.1, 0.15) is 0 Å². The number of hydrogen-bond acceptors (Lipinski definition) is 5. The SMILES string of the molecule is O=C(O)c1c(CN2CCN(CCN3CCCC3)CC2)n(-c2ccc(Cl)cc2)c(=O)c2ccccc12. The van der Waals surface area contributed by atoms with E-state index >= 15 is 0 Å². The molecule has 3 aromatic rings. The second-order valence-electron chi connectivity index (χ2n) is 9.46. The van der Waals surface area contributed by atoms with Crippen LogP contribution in [0.5, 0.6) is 0 Å². The van der Waals surface area contributed by atoms with Crippen LogP contribution in [0.1, 0.15) is 28.9 Å². The molecule has 2 aromatic carbocycles. The van der Waals surface area contributed by atoms with E-state index in [1.807, 2.05) is 0 Å². The van der Waals surface area contributed by atoms with Gasteiger partial charge in [0, 0.05) is 67.3 Å². The lowest BCUT2D eigenvalue weighted by molar-refractivity contribution is 0.0693. The Morgan fingerprint density at radius 2 is 1.37 bits per heavy atom. The Labute approximate surface area is 210 Å². The molecule has 0 bridgehead atoms. The van der Waals surface area contributed by atoms with Crippen molar-refractivity contribution in [2.75, 3.05) is 52.4 Å². The minimum absolute atomic E-state index is 0.187. The number of fused-ring (bicyclic) bond motifs is 1. The fourth-order valence-corrected chi connectivity index (χ4v) is 5.45. The zero-order chi connectivity index (χ0) is 24.4. The number of piperazine rings is 1. The number of nitrogens with zero attached hydrogens (tertiary/aromatic N) is 4. The Morgan fingerprint density at radius 3 is 2.00 bits per heavy atom. The summed E-state index contributed by atoms with van der Waals surface area (Å²) in [5.74, 6) is -1.02. The maximum atomic E-state index is 13.6. The first kappa shape index (κ1) is 24.0. The zero-order valence-corrected chi connectivity index (χ0v) is 20.6. The van der Waals surface area contributed by atoms with E-state index in [4.69, 9.17) is 11.6 Å². The normalized spacial score (nSPS) is 17.9. The quantitative estimate of drug-likeness (QED) is 0.541. The van der Waals surface area contributed by atoms with Crippen LogP contribution in [0.2, 0.25) is 5.02 Å². The summed E-state index contributed by atoms with van der Waals surface area (Å²) in [6, 6.07) is 14.0. The number of carboxylic acid groups (broad SMARTS) is 1. The van der Waals surface area contributed by atoms with Crippen LogP contribution in [0.25, 0.3) is 16.5 Å². The Bertz CT molecular complexity index is 1260. The molecule has 184 valence electrons. The maximum Gasteiger partial charge on any atom is 0.338 e. The smallest absolute Gasteiger partial charge is 0.338 e. The molecule has 2 aliphatic rings. The summed E-state index contributed by atoms with van der Waals surface area (Å²) in [7, 11) is 0. The van der Waals surface area contributed by atoms with Gasteiger partial charge in [-0.2, -0.15) is 0 Å². The van der Waals surface area contributed by atoms with Crippen molar-refractivity contribution in [1.29, 1.82) is 0 Å². The van der Waals surface area contributed by atoms with E-state index in [0.717, 1.165) is 39.3 Å². The van der Waals surface area contributed by atoms with Gasteiger partial charge in [-0.1, -0.05) is 29.8 Å². The van der Waals surface area contributed by atoms with Crippen molar-refractivity contribution in [2.45, 2.75) is 19.4 Å². The molecule has 0 atom stereocenters. The minimum atomic E-state index is -1.02. The second kappa shape index (κ2) is 10.5. The van der Waals surface area contributed by atoms with Gasteiger partial charge in [0.05, 0.1) is 11.3 Å². The highest BCUT2D eigenvalue weighted by molar-refractivity contribution is 6.30. The van der Waals surface area contributed by atoms with Crippen LogP contribution in [-0.4, -0.2) is 82.7 Å². The molecule has 2 fully saturated rings. The van der Waals surface area contributed by atoms with E-state index in [0.29, 0.717) is 33.7 Å². The highest BCUT2D eigenvalue weighted by Crippen LogP contribution is 2.25. The van der Waals surface area contributed by atoms with E-state index in [2.05, 4.69) is 14.7 Å². The fraction of sp³-hybridized carbons (Fsp3) is 0.407. The predicted octanol–water partition coefficient (Wildman–Crippen LogP) is 3.56. The summed E-state index contributed by atoms with van der Waals surface area (Å²) in [5, 5.41) is 11.7. The first-order valence-corrected chi connectivity index (χ1v) is 12.7. The van der Waals surface area contributed by atoms with Crippen molar-refractivity contribution in [3.8, 4) is 5.69 Å². The number of carboxylic acids is 1. The number of rotatable bonds is 7. The lowest BCUT2D eigenvalue weighted by Gasteiger charge is -2.36. The molecule has 7 nitrogen and oxygen atoms in total. The highest BCUT2D eigenvalue weighted by Gasteiger charge is 2.26. The number of likely N-dealkylation sites (tertiary alicyclic amines) is 1. The van der Waals surface area contributed by atoms with Crippen molar-refractivity contribution in [1.82, 2.24) is 19.3 Å². The van der Waals surface area contributed by atoms with Crippen LogP contribution in [0, 0.1) is 0 Å². The van der Waals surface area contributed by atoms with Gasteiger partial charge in [0.2, 0.25) is 0 Å². The van der Waals surface area contributed by atoms with Crippen LogP contribution < -0.4 is 5.56 Å². The predicted molar refractivity (Wildman–Crippen MR) is 139 cm³/mol. The molecular formula is C27H31ClN4O3. The van der Waals surface area contributed by atoms with E-state index in [1.54, 1.807) is 53.1 Å². The Kier molecular flexibility index (Phi) is 7.20. The van der Waals surface area contributed by atoms with Gasteiger partial charge in [-0.05, 0) is 56.3 Å². The van der Waals surface area contributed by atoms with Crippen molar-refractivity contribution >= 4 is 28.3 Å². The summed E-state index contributed by atoms with van der Waals surface area (Å²) < 4.78 is 1.56. The van der Waals surface area contributed by atoms with Crippen LogP contribution in [0.4, 0.5) is 0 Å². The summed E-state index contributed by atoms with van der Waals surface area (Å²) >= 11 is 6.09. The molecule has 0 unspecified atom stereocenters. The van der Waals surface area contributed by atoms with Crippen molar-refractivity contribution < 1.29 is 9.90 Å². The maximum absolute atomic E-state index is 13.6. The van der Waals surface area contributed by atoms with Gasteiger partial charge in [0.25, 0.3) is 5.56 Å². The third kappa shape index (κ3) is 5.14. The summed E-state index contributed by atoms with van der Waals surface area (Å²) in [5.41, 5.74) is 1.10. The molecule has 0 spiro atoms. The molecular weight excluding hydrogens is 464 g/mol. The standard InChI is InChI=1S/C27H31ClN4O3/c28-20-7-9-21(10-8-20)32-24(25(27(34)35)22-5-1-2-6-23(22)26(32)33)19-31-17-15-30(16-18-31)14-13-29-11-3-4-12-29/h1-2,5-10H,3-4,11-19H2,(H,34,35). The molecule has 5 rings (SSSR count). The van der Waals surface area contributed by atoms with E-state index < -0.39 is 5.97 Å². The third-order valence-electron chi connectivity index (χ3n) is 7.26. The van der Waals surface area contributed by atoms with Crippen LogP contribution >= 0.6 is 11.6 Å². The first-order valence-electron chi connectivity index (χ1n) is 12.3. The highest BCUT2D eigenvalue weighted by atomic mass is 35.5. The molecule has 1 N–H and O–H groups in total. The molecule has 0 aliphatic carbocycles.